The third-order valence-corrected chi connectivity index (χ3v) is 3.39. The number of nitrogens with one attached hydrogen (secondary N) is 2. The Labute approximate surface area is 124 Å². The van der Waals surface area contributed by atoms with Crippen molar-refractivity contribution in [1.82, 2.24) is 5.32 Å². The van der Waals surface area contributed by atoms with E-state index in [0.29, 0.717) is 17.3 Å². The lowest BCUT2D eigenvalue weighted by molar-refractivity contribution is 0.251. The van der Waals surface area contributed by atoms with Crippen molar-refractivity contribution in [3.8, 4) is 0 Å². The standard InChI is InChI=1S/C16H17ClN2O/c1-12(13-7-3-2-4-8-13)11-18-16(20)19-15-10-6-5-9-14(15)17/h2-10,12H,11H2,1H3,(H2,18,19,20)/t12-/m0/s1. The van der Waals surface area contributed by atoms with Crippen molar-refractivity contribution in [1.29, 1.82) is 0 Å². The van der Waals surface area contributed by atoms with Gasteiger partial charge in [-0.3, -0.25) is 0 Å². The second-order valence-electron chi connectivity index (χ2n) is 4.63. The molecule has 0 heterocycles. The van der Waals surface area contributed by atoms with Gasteiger partial charge in [-0.05, 0) is 23.6 Å². The van der Waals surface area contributed by atoms with Gasteiger partial charge in [0, 0.05) is 6.54 Å². The number of hydrogen-bond acceptors (Lipinski definition) is 1. The fraction of sp³-hybridized carbons (Fsp3) is 0.188. The summed E-state index contributed by atoms with van der Waals surface area (Å²) in [5.41, 5.74) is 1.81. The van der Waals surface area contributed by atoms with Gasteiger partial charge in [0.05, 0.1) is 10.7 Å². The van der Waals surface area contributed by atoms with Crippen LogP contribution < -0.4 is 10.6 Å². The fourth-order valence-corrected chi connectivity index (χ4v) is 2.06. The molecule has 3 nitrogen and oxygen atoms in total. The van der Waals surface area contributed by atoms with Crippen LogP contribution in [0.25, 0.3) is 0 Å². The molecule has 0 saturated carbocycles. The number of halogens is 1. The van der Waals surface area contributed by atoms with E-state index in [1.54, 1.807) is 12.1 Å². The highest BCUT2D eigenvalue weighted by molar-refractivity contribution is 6.33. The van der Waals surface area contributed by atoms with Crippen LogP contribution in [0.2, 0.25) is 5.02 Å². The molecule has 0 aromatic heterocycles. The number of para-hydroxylation sites is 1. The van der Waals surface area contributed by atoms with E-state index in [2.05, 4.69) is 29.7 Å². The SMILES string of the molecule is C[C@@H](CNC(=O)Nc1ccccc1Cl)c1ccccc1. The molecule has 2 rings (SSSR count). The predicted octanol–water partition coefficient (Wildman–Crippen LogP) is 4.27. The van der Waals surface area contributed by atoms with Crippen molar-refractivity contribution in [2.24, 2.45) is 0 Å². The molecule has 0 unspecified atom stereocenters. The number of carbonyl (C=O) groups excluding carboxylic acids is 1. The topological polar surface area (TPSA) is 41.1 Å². The zero-order valence-electron chi connectivity index (χ0n) is 11.3. The quantitative estimate of drug-likeness (QED) is 0.867. The van der Waals surface area contributed by atoms with Gasteiger partial charge in [0.25, 0.3) is 0 Å². The molecule has 20 heavy (non-hydrogen) atoms. The first kappa shape index (κ1) is 14.4. The van der Waals surface area contributed by atoms with Gasteiger partial charge in [0.1, 0.15) is 0 Å². The van der Waals surface area contributed by atoms with Gasteiger partial charge in [0.15, 0.2) is 0 Å². The van der Waals surface area contributed by atoms with Crippen molar-refractivity contribution in [2.75, 3.05) is 11.9 Å². The monoisotopic (exact) mass is 288 g/mol. The summed E-state index contributed by atoms with van der Waals surface area (Å²) in [6.07, 6.45) is 0. The molecule has 4 heteroatoms. The lowest BCUT2D eigenvalue weighted by Gasteiger charge is -2.14. The summed E-state index contributed by atoms with van der Waals surface area (Å²) in [5, 5.41) is 6.11. The van der Waals surface area contributed by atoms with Gasteiger partial charge in [-0.2, -0.15) is 0 Å². The van der Waals surface area contributed by atoms with Crippen LogP contribution in [0, 0.1) is 0 Å². The largest absolute Gasteiger partial charge is 0.337 e. The second-order valence-corrected chi connectivity index (χ2v) is 5.03. The van der Waals surface area contributed by atoms with Crippen LogP contribution in [0.4, 0.5) is 10.5 Å². The first-order valence-corrected chi connectivity index (χ1v) is 6.89. The Morgan fingerprint density at radius 1 is 1.10 bits per heavy atom. The maximum atomic E-state index is 11.8. The predicted molar refractivity (Wildman–Crippen MR) is 83.3 cm³/mol. The van der Waals surface area contributed by atoms with E-state index >= 15 is 0 Å². The van der Waals surface area contributed by atoms with Crippen LogP contribution in [0.3, 0.4) is 0 Å². The summed E-state index contributed by atoms with van der Waals surface area (Å²) in [4.78, 5) is 11.8. The number of amides is 2. The Morgan fingerprint density at radius 2 is 1.75 bits per heavy atom. The van der Waals surface area contributed by atoms with Crippen LogP contribution in [0.1, 0.15) is 18.4 Å². The lowest BCUT2D eigenvalue weighted by atomic mass is 10.0. The number of rotatable bonds is 4. The van der Waals surface area contributed by atoms with Gasteiger partial charge < -0.3 is 10.6 Å². The van der Waals surface area contributed by atoms with Gasteiger partial charge in [-0.15, -0.1) is 0 Å². The number of carbonyl (C=O) groups is 1. The first-order valence-electron chi connectivity index (χ1n) is 6.51. The molecule has 0 aliphatic rings. The molecule has 0 aliphatic carbocycles. The molecule has 0 saturated heterocycles. The summed E-state index contributed by atoms with van der Waals surface area (Å²) in [6, 6.07) is 17.0. The molecule has 0 fully saturated rings. The summed E-state index contributed by atoms with van der Waals surface area (Å²) < 4.78 is 0. The average Bonchev–Trinajstić information content (AvgIpc) is 2.48. The maximum Gasteiger partial charge on any atom is 0.319 e. The number of benzene rings is 2. The normalized spacial score (nSPS) is 11.7. The molecule has 0 bridgehead atoms. The van der Waals surface area contributed by atoms with E-state index in [1.807, 2.05) is 30.3 Å². The van der Waals surface area contributed by atoms with Crippen molar-refractivity contribution in [3.05, 3.63) is 65.2 Å². The Kier molecular flexibility index (Phi) is 5.02. The summed E-state index contributed by atoms with van der Waals surface area (Å²) >= 11 is 5.98. The van der Waals surface area contributed by atoms with Gasteiger partial charge >= 0.3 is 6.03 Å². The van der Waals surface area contributed by atoms with Crippen LogP contribution in [0.15, 0.2) is 54.6 Å². The fourth-order valence-electron chi connectivity index (χ4n) is 1.87. The molecule has 2 aromatic rings. The number of anilines is 1. The van der Waals surface area contributed by atoms with E-state index in [0.717, 1.165) is 0 Å². The van der Waals surface area contributed by atoms with Crippen LogP contribution in [-0.4, -0.2) is 12.6 Å². The summed E-state index contributed by atoms with van der Waals surface area (Å²) in [5.74, 6) is 0.258. The third-order valence-electron chi connectivity index (χ3n) is 3.06. The molecular weight excluding hydrogens is 272 g/mol. The summed E-state index contributed by atoms with van der Waals surface area (Å²) in [6.45, 7) is 2.64. The number of hydrogen-bond donors (Lipinski definition) is 2. The van der Waals surface area contributed by atoms with E-state index in [4.69, 9.17) is 11.6 Å². The maximum absolute atomic E-state index is 11.8. The van der Waals surface area contributed by atoms with Gasteiger partial charge in [-0.1, -0.05) is 61.0 Å². The highest BCUT2D eigenvalue weighted by Gasteiger charge is 2.08. The molecule has 0 spiro atoms. The summed E-state index contributed by atoms with van der Waals surface area (Å²) in [7, 11) is 0. The lowest BCUT2D eigenvalue weighted by Crippen LogP contribution is -2.31. The molecule has 0 radical (unpaired) electrons. The van der Waals surface area contributed by atoms with E-state index < -0.39 is 0 Å². The van der Waals surface area contributed by atoms with E-state index in [-0.39, 0.29) is 11.9 Å². The minimum absolute atomic E-state index is 0.249. The van der Waals surface area contributed by atoms with Crippen molar-refractivity contribution >= 4 is 23.3 Å². The molecule has 0 aliphatic heterocycles. The average molecular weight is 289 g/mol. The van der Waals surface area contributed by atoms with E-state index in [9.17, 15) is 4.79 Å². The molecule has 1 atom stereocenters. The zero-order chi connectivity index (χ0) is 14.4. The Bertz CT molecular complexity index is 572. The molecule has 2 aromatic carbocycles. The van der Waals surface area contributed by atoms with Crippen LogP contribution in [-0.2, 0) is 0 Å². The van der Waals surface area contributed by atoms with Gasteiger partial charge in [0.2, 0.25) is 0 Å². The van der Waals surface area contributed by atoms with E-state index in [1.165, 1.54) is 5.56 Å². The number of urea groups is 1. The van der Waals surface area contributed by atoms with Gasteiger partial charge in [-0.25, -0.2) is 4.79 Å². The van der Waals surface area contributed by atoms with Crippen molar-refractivity contribution in [3.63, 3.8) is 0 Å². The van der Waals surface area contributed by atoms with Crippen LogP contribution in [0.5, 0.6) is 0 Å². The molecule has 2 amide bonds. The second kappa shape index (κ2) is 6.96. The molecular formula is C16H17ClN2O. The Balaban J connectivity index is 1.85. The zero-order valence-corrected chi connectivity index (χ0v) is 12.0. The third kappa shape index (κ3) is 4.00. The highest BCUT2D eigenvalue weighted by atomic mass is 35.5. The Morgan fingerprint density at radius 3 is 2.45 bits per heavy atom. The highest BCUT2D eigenvalue weighted by Crippen LogP contribution is 2.20. The minimum Gasteiger partial charge on any atom is -0.337 e. The minimum atomic E-state index is -0.249. The van der Waals surface area contributed by atoms with Crippen molar-refractivity contribution in [2.45, 2.75) is 12.8 Å². The van der Waals surface area contributed by atoms with Crippen molar-refractivity contribution < 1.29 is 4.79 Å². The van der Waals surface area contributed by atoms with Crippen LogP contribution >= 0.6 is 11.6 Å². The smallest absolute Gasteiger partial charge is 0.319 e. The first-order chi connectivity index (χ1) is 9.66. The molecule has 2 N–H and O–H groups in total. The molecule has 104 valence electrons. The Hall–Kier alpha value is -2.00.